The first kappa shape index (κ1) is 20.3. The first-order chi connectivity index (χ1) is 12.8. The molecule has 0 saturated carbocycles. The number of carbonyl (C=O) groups excluding carboxylic acids is 1. The Morgan fingerprint density at radius 3 is 2.48 bits per heavy atom. The van der Waals surface area contributed by atoms with Gasteiger partial charge in [0.15, 0.2) is 0 Å². The minimum Gasteiger partial charge on any atom is -0.341 e. The van der Waals surface area contributed by atoms with Crippen LogP contribution in [0.5, 0.6) is 0 Å². The van der Waals surface area contributed by atoms with Gasteiger partial charge in [-0.1, -0.05) is 19.1 Å². The molecule has 0 N–H and O–H groups in total. The SMILES string of the molecule is Cc1ccc(C)c(S(=O)(=O)N2CCN(CC(=O)N3CCC[C@H](C)C3)CC2)c1. The standard InChI is InChI=1S/C20H31N3O3S/c1-16-6-7-18(3)19(13-16)27(25,26)23-11-9-21(10-12-23)15-20(24)22-8-4-5-17(2)14-22/h6-7,13,17H,4-5,8-12,14-15H2,1-3H3/t17-/m0/s1. The molecule has 2 aliphatic rings. The van der Waals surface area contributed by atoms with Crippen molar-refractivity contribution in [3.8, 4) is 0 Å². The molecule has 3 rings (SSSR count). The van der Waals surface area contributed by atoms with Crippen LogP contribution in [-0.4, -0.2) is 74.2 Å². The van der Waals surface area contributed by atoms with Gasteiger partial charge >= 0.3 is 0 Å². The van der Waals surface area contributed by atoms with Crippen LogP contribution in [0.1, 0.15) is 30.9 Å². The zero-order valence-electron chi connectivity index (χ0n) is 16.6. The average Bonchev–Trinajstić information content (AvgIpc) is 2.64. The molecule has 1 amide bonds. The summed E-state index contributed by atoms with van der Waals surface area (Å²) in [5.74, 6) is 0.745. The lowest BCUT2D eigenvalue weighted by Gasteiger charge is -2.36. The van der Waals surface area contributed by atoms with Crippen LogP contribution in [0.2, 0.25) is 0 Å². The lowest BCUT2D eigenvalue weighted by Crippen LogP contribution is -2.52. The first-order valence-electron chi connectivity index (χ1n) is 9.85. The van der Waals surface area contributed by atoms with E-state index in [9.17, 15) is 13.2 Å². The lowest BCUT2D eigenvalue weighted by molar-refractivity contribution is -0.134. The summed E-state index contributed by atoms with van der Waals surface area (Å²) in [6, 6.07) is 5.54. The Morgan fingerprint density at radius 1 is 1.11 bits per heavy atom. The molecule has 0 aliphatic carbocycles. The predicted molar refractivity (Wildman–Crippen MR) is 106 cm³/mol. The molecule has 1 aromatic rings. The molecule has 2 aliphatic heterocycles. The van der Waals surface area contributed by atoms with Gasteiger partial charge in [-0.15, -0.1) is 0 Å². The molecule has 27 heavy (non-hydrogen) atoms. The molecule has 2 fully saturated rings. The molecular weight excluding hydrogens is 362 g/mol. The highest BCUT2D eigenvalue weighted by atomic mass is 32.2. The third kappa shape index (κ3) is 4.70. The Balaban J connectivity index is 1.58. The van der Waals surface area contributed by atoms with Gasteiger partial charge in [0.25, 0.3) is 0 Å². The Bertz CT molecular complexity index is 786. The van der Waals surface area contributed by atoms with Crippen molar-refractivity contribution < 1.29 is 13.2 Å². The molecule has 6 nitrogen and oxygen atoms in total. The van der Waals surface area contributed by atoms with Crippen LogP contribution in [0.15, 0.2) is 23.1 Å². The molecule has 150 valence electrons. The predicted octanol–water partition coefficient (Wildman–Crippen LogP) is 1.87. The molecule has 2 heterocycles. The number of rotatable bonds is 4. The number of carbonyl (C=O) groups is 1. The highest BCUT2D eigenvalue weighted by molar-refractivity contribution is 7.89. The number of hydrogen-bond acceptors (Lipinski definition) is 4. The minimum absolute atomic E-state index is 0.174. The van der Waals surface area contributed by atoms with Crippen molar-refractivity contribution in [1.29, 1.82) is 0 Å². The first-order valence-corrected chi connectivity index (χ1v) is 11.3. The summed E-state index contributed by atoms with van der Waals surface area (Å²) >= 11 is 0. The monoisotopic (exact) mass is 393 g/mol. The highest BCUT2D eigenvalue weighted by Gasteiger charge is 2.31. The van der Waals surface area contributed by atoms with Gasteiger partial charge in [-0.2, -0.15) is 4.31 Å². The molecule has 7 heteroatoms. The molecule has 0 aromatic heterocycles. The summed E-state index contributed by atoms with van der Waals surface area (Å²) in [7, 11) is -3.48. The van der Waals surface area contributed by atoms with Crippen LogP contribution < -0.4 is 0 Å². The molecule has 0 radical (unpaired) electrons. The number of nitrogens with zero attached hydrogens (tertiary/aromatic N) is 3. The second-order valence-electron chi connectivity index (χ2n) is 8.04. The van der Waals surface area contributed by atoms with Crippen LogP contribution in [0.4, 0.5) is 0 Å². The zero-order valence-corrected chi connectivity index (χ0v) is 17.5. The van der Waals surface area contributed by atoms with Crippen molar-refractivity contribution in [3.05, 3.63) is 29.3 Å². The van der Waals surface area contributed by atoms with E-state index in [4.69, 9.17) is 0 Å². The Kier molecular flexibility index (Phi) is 6.23. The van der Waals surface area contributed by atoms with E-state index in [1.807, 2.05) is 30.9 Å². The van der Waals surface area contributed by atoms with E-state index < -0.39 is 10.0 Å². The van der Waals surface area contributed by atoms with Gasteiger partial charge in [0.1, 0.15) is 0 Å². The van der Waals surface area contributed by atoms with Crippen LogP contribution in [-0.2, 0) is 14.8 Å². The van der Waals surface area contributed by atoms with Gasteiger partial charge in [-0.05, 0) is 49.8 Å². The summed E-state index contributed by atoms with van der Waals surface area (Å²) in [5.41, 5.74) is 1.72. The topological polar surface area (TPSA) is 60.9 Å². The molecule has 1 atom stereocenters. The van der Waals surface area contributed by atoms with Crippen LogP contribution in [0.3, 0.4) is 0 Å². The van der Waals surface area contributed by atoms with Gasteiger partial charge in [0.2, 0.25) is 15.9 Å². The van der Waals surface area contributed by atoms with Gasteiger partial charge in [0, 0.05) is 39.3 Å². The fourth-order valence-electron chi connectivity index (χ4n) is 3.96. The van der Waals surface area contributed by atoms with Gasteiger partial charge in [-0.3, -0.25) is 9.69 Å². The molecule has 0 spiro atoms. The van der Waals surface area contributed by atoms with Crippen LogP contribution in [0, 0.1) is 19.8 Å². The molecule has 0 unspecified atom stereocenters. The van der Waals surface area contributed by atoms with Crippen molar-refractivity contribution in [3.63, 3.8) is 0 Å². The normalized spacial score (nSPS) is 22.8. The lowest BCUT2D eigenvalue weighted by atomic mass is 10.0. The summed E-state index contributed by atoms with van der Waals surface area (Å²) in [6.07, 6.45) is 2.27. The van der Waals surface area contributed by atoms with E-state index in [0.29, 0.717) is 43.5 Å². The Hall–Kier alpha value is -1.44. The quantitative estimate of drug-likeness (QED) is 0.784. The minimum atomic E-state index is -3.48. The Labute approximate surface area is 163 Å². The van der Waals surface area contributed by atoms with Crippen LogP contribution in [0.25, 0.3) is 0 Å². The van der Waals surface area contributed by atoms with Crippen molar-refractivity contribution in [2.75, 3.05) is 45.8 Å². The van der Waals surface area contributed by atoms with Crippen molar-refractivity contribution in [2.45, 2.75) is 38.5 Å². The average molecular weight is 394 g/mol. The number of aryl methyl sites for hydroxylation is 2. The molecule has 0 bridgehead atoms. The third-order valence-electron chi connectivity index (χ3n) is 5.66. The van der Waals surface area contributed by atoms with E-state index in [2.05, 4.69) is 11.8 Å². The van der Waals surface area contributed by atoms with E-state index >= 15 is 0 Å². The summed E-state index contributed by atoms with van der Waals surface area (Å²) < 4.78 is 27.6. The summed E-state index contributed by atoms with van der Waals surface area (Å²) in [5, 5.41) is 0. The number of sulfonamides is 1. The number of piperidine rings is 1. The van der Waals surface area contributed by atoms with E-state index in [-0.39, 0.29) is 5.91 Å². The second kappa shape index (κ2) is 8.29. The number of piperazine rings is 1. The largest absolute Gasteiger partial charge is 0.341 e. The maximum Gasteiger partial charge on any atom is 0.243 e. The third-order valence-corrected chi connectivity index (χ3v) is 7.70. The number of benzene rings is 1. The van der Waals surface area contributed by atoms with Crippen molar-refractivity contribution in [1.82, 2.24) is 14.1 Å². The van der Waals surface area contributed by atoms with Gasteiger partial charge < -0.3 is 4.90 Å². The van der Waals surface area contributed by atoms with Crippen molar-refractivity contribution in [2.24, 2.45) is 5.92 Å². The smallest absolute Gasteiger partial charge is 0.243 e. The maximum atomic E-state index is 13.0. The fourth-order valence-corrected chi connectivity index (χ4v) is 5.69. The number of likely N-dealkylation sites (tertiary alicyclic amines) is 1. The van der Waals surface area contributed by atoms with E-state index in [1.54, 1.807) is 10.4 Å². The summed E-state index contributed by atoms with van der Waals surface area (Å²) in [4.78, 5) is 17.0. The molecular formula is C20H31N3O3S. The van der Waals surface area contributed by atoms with Gasteiger partial charge in [0.05, 0.1) is 11.4 Å². The zero-order chi connectivity index (χ0) is 19.6. The van der Waals surface area contributed by atoms with Crippen molar-refractivity contribution >= 4 is 15.9 Å². The Morgan fingerprint density at radius 2 is 1.81 bits per heavy atom. The fraction of sp³-hybridized carbons (Fsp3) is 0.650. The van der Waals surface area contributed by atoms with Crippen LogP contribution >= 0.6 is 0 Å². The molecule has 2 saturated heterocycles. The number of amides is 1. The highest BCUT2D eigenvalue weighted by Crippen LogP contribution is 2.22. The van der Waals surface area contributed by atoms with E-state index in [1.165, 1.54) is 6.42 Å². The van der Waals surface area contributed by atoms with Gasteiger partial charge in [-0.25, -0.2) is 8.42 Å². The second-order valence-corrected chi connectivity index (χ2v) is 9.94. The maximum absolute atomic E-state index is 13.0. The molecule has 1 aromatic carbocycles. The number of hydrogen-bond donors (Lipinski definition) is 0. The summed E-state index contributed by atoms with van der Waals surface area (Å²) in [6.45, 7) is 10.1. The van der Waals surface area contributed by atoms with E-state index in [0.717, 1.165) is 30.6 Å².